The van der Waals surface area contributed by atoms with E-state index in [1.165, 1.54) is 0 Å². The zero-order valence-corrected chi connectivity index (χ0v) is 15.4. The molecular formula is C20H30O4. The molecule has 0 aliphatic rings. The van der Waals surface area contributed by atoms with Crippen molar-refractivity contribution in [3.05, 3.63) is 29.8 Å². The Kier molecular flexibility index (Phi) is 9.48. The Morgan fingerprint density at radius 3 is 2.29 bits per heavy atom. The average molecular weight is 334 g/mol. The van der Waals surface area contributed by atoms with Crippen molar-refractivity contribution in [3.63, 3.8) is 0 Å². The number of rotatable bonds is 10. The second-order valence-electron chi connectivity index (χ2n) is 5.95. The maximum Gasteiger partial charge on any atom is 0.118 e. The van der Waals surface area contributed by atoms with Crippen molar-refractivity contribution in [1.29, 1.82) is 0 Å². The molecular weight excluding hydrogens is 304 g/mol. The van der Waals surface area contributed by atoms with E-state index in [0.29, 0.717) is 13.0 Å². The normalized spacial score (nSPS) is 15.8. The molecule has 0 fully saturated rings. The molecule has 0 unspecified atom stereocenters. The molecule has 0 aliphatic carbocycles. The van der Waals surface area contributed by atoms with E-state index in [-0.39, 0.29) is 30.7 Å². The molecule has 24 heavy (non-hydrogen) atoms. The third-order valence-corrected chi connectivity index (χ3v) is 4.29. The SMILES string of the molecule is CC#C[C@@H](C)[C@@H](OCc1ccc(OC)cc1)[C@H](C)[C@@H](CCO)OC. The largest absolute Gasteiger partial charge is 0.497 e. The van der Waals surface area contributed by atoms with Crippen LogP contribution >= 0.6 is 0 Å². The molecule has 0 amide bonds. The molecule has 0 spiro atoms. The zero-order valence-electron chi connectivity index (χ0n) is 15.4. The molecule has 0 saturated carbocycles. The molecule has 0 aliphatic heterocycles. The number of methoxy groups -OCH3 is 2. The van der Waals surface area contributed by atoms with Gasteiger partial charge in [0.05, 0.1) is 25.9 Å². The van der Waals surface area contributed by atoms with Gasteiger partial charge in [0.15, 0.2) is 0 Å². The molecule has 0 bridgehead atoms. The molecule has 4 atom stereocenters. The molecule has 0 aromatic heterocycles. The van der Waals surface area contributed by atoms with Crippen LogP contribution in [0.5, 0.6) is 5.75 Å². The number of ether oxygens (including phenoxy) is 3. The highest BCUT2D eigenvalue weighted by atomic mass is 16.5. The summed E-state index contributed by atoms with van der Waals surface area (Å²) in [5.41, 5.74) is 1.08. The Hall–Kier alpha value is -1.54. The molecule has 0 heterocycles. The van der Waals surface area contributed by atoms with Gasteiger partial charge in [0.2, 0.25) is 0 Å². The summed E-state index contributed by atoms with van der Waals surface area (Å²) in [5.74, 6) is 7.19. The lowest BCUT2D eigenvalue weighted by Crippen LogP contribution is -2.37. The minimum Gasteiger partial charge on any atom is -0.497 e. The maximum absolute atomic E-state index is 9.24. The van der Waals surface area contributed by atoms with Gasteiger partial charge < -0.3 is 19.3 Å². The number of aliphatic hydroxyl groups excluding tert-OH is 1. The highest BCUT2D eigenvalue weighted by Gasteiger charge is 2.30. The van der Waals surface area contributed by atoms with Crippen LogP contribution in [0.15, 0.2) is 24.3 Å². The van der Waals surface area contributed by atoms with Crippen molar-refractivity contribution in [3.8, 4) is 17.6 Å². The molecule has 1 N–H and O–H groups in total. The van der Waals surface area contributed by atoms with Gasteiger partial charge in [-0.15, -0.1) is 5.92 Å². The molecule has 134 valence electrons. The Bertz CT molecular complexity index is 515. The van der Waals surface area contributed by atoms with Gasteiger partial charge in [-0.05, 0) is 38.0 Å². The van der Waals surface area contributed by atoms with E-state index in [1.807, 2.05) is 31.2 Å². The van der Waals surface area contributed by atoms with E-state index in [4.69, 9.17) is 14.2 Å². The first-order valence-electron chi connectivity index (χ1n) is 8.37. The van der Waals surface area contributed by atoms with E-state index >= 15 is 0 Å². The second kappa shape index (κ2) is 11.1. The van der Waals surface area contributed by atoms with Crippen molar-refractivity contribution in [1.82, 2.24) is 0 Å². The van der Waals surface area contributed by atoms with Gasteiger partial charge in [0.25, 0.3) is 0 Å². The first kappa shape index (κ1) is 20.5. The fourth-order valence-corrected chi connectivity index (χ4v) is 2.91. The number of aliphatic hydroxyl groups is 1. The number of hydrogen-bond acceptors (Lipinski definition) is 4. The topological polar surface area (TPSA) is 47.9 Å². The fourth-order valence-electron chi connectivity index (χ4n) is 2.91. The summed E-state index contributed by atoms with van der Waals surface area (Å²) in [6.45, 7) is 6.60. The summed E-state index contributed by atoms with van der Waals surface area (Å²) in [5, 5.41) is 9.24. The standard InChI is InChI=1S/C20H30O4/c1-6-7-15(2)20(16(3)19(23-5)12-13-21)24-14-17-8-10-18(22-4)11-9-17/h8-11,15-16,19-21H,12-14H2,1-5H3/t15-,16-,19-,20-/m1/s1. The van der Waals surface area contributed by atoms with Gasteiger partial charge in [-0.3, -0.25) is 0 Å². The predicted octanol–water partition coefficient (Wildman–Crippen LogP) is 3.27. The van der Waals surface area contributed by atoms with E-state index in [1.54, 1.807) is 14.2 Å². The van der Waals surface area contributed by atoms with Gasteiger partial charge in [0, 0.05) is 25.6 Å². The smallest absolute Gasteiger partial charge is 0.118 e. The minimum atomic E-state index is -0.0731. The van der Waals surface area contributed by atoms with Crippen LogP contribution in [0.4, 0.5) is 0 Å². The number of hydrogen-bond donors (Lipinski definition) is 1. The monoisotopic (exact) mass is 334 g/mol. The van der Waals surface area contributed by atoms with Crippen molar-refractivity contribution < 1.29 is 19.3 Å². The molecule has 0 saturated heterocycles. The van der Waals surface area contributed by atoms with Crippen molar-refractivity contribution in [2.75, 3.05) is 20.8 Å². The lowest BCUT2D eigenvalue weighted by atomic mass is 9.88. The van der Waals surface area contributed by atoms with Crippen LogP contribution in [0.3, 0.4) is 0 Å². The highest BCUT2D eigenvalue weighted by molar-refractivity contribution is 5.26. The van der Waals surface area contributed by atoms with Gasteiger partial charge in [0.1, 0.15) is 5.75 Å². The van der Waals surface area contributed by atoms with Gasteiger partial charge in [-0.2, -0.15) is 0 Å². The molecule has 1 aromatic rings. The van der Waals surface area contributed by atoms with Crippen LogP contribution in [0, 0.1) is 23.7 Å². The van der Waals surface area contributed by atoms with Crippen LogP contribution < -0.4 is 4.74 Å². The van der Waals surface area contributed by atoms with Crippen molar-refractivity contribution in [2.45, 2.75) is 46.0 Å². The maximum atomic E-state index is 9.24. The average Bonchev–Trinajstić information content (AvgIpc) is 2.60. The molecule has 4 heteroatoms. The van der Waals surface area contributed by atoms with Gasteiger partial charge >= 0.3 is 0 Å². The first-order chi connectivity index (χ1) is 11.6. The van der Waals surface area contributed by atoms with Gasteiger partial charge in [-0.1, -0.05) is 25.0 Å². The summed E-state index contributed by atoms with van der Waals surface area (Å²) in [4.78, 5) is 0. The van der Waals surface area contributed by atoms with E-state index in [0.717, 1.165) is 11.3 Å². The second-order valence-corrected chi connectivity index (χ2v) is 5.95. The predicted molar refractivity (Wildman–Crippen MR) is 95.8 cm³/mol. The zero-order chi connectivity index (χ0) is 17.9. The highest BCUT2D eigenvalue weighted by Crippen LogP contribution is 2.25. The summed E-state index contributed by atoms with van der Waals surface area (Å²) in [6.07, 6.45) is 0.458. The molecule has 1 aromatic carbocycles. The fraction of sp³-hybridized carbons (Fsp3) is 0.600. The van der Waals surface area contributed by atoms with Crippen LogP contribution in [0.25, 0.3) is 0 Å². The molecule has 0 radical (unpaired) electrons. The Morgan fingerprint density at radius 1 is 1.12 bits per heavy atom. The quantitative estimate of drug-likeness (QED) is 0.667. The molecule has 4 nitrogen and oxygen atoms in total. The summed E-state index contributed by atoms with van der Waals surface area (Å²) < 4.78 is 16.9. The Balaban J connectivity index is 2.81. The number of benzene rings is 1. The summed E-state index contributed by atoms with van der Waals surface area (Å²) in [6, 6.07) is 7.85. The Labute approximate surface area is 146 Å². The first-order valence-corrected chi connectivity index (χ1v) is 8.37. The van der Waals surface area contributed by atoms with Crippen LogP contribution in [-0.2, 0) is 16.1 Å². The van der Waals surface area contributed by atoms with Gasteiger partial charge in [-0.25, -0.2) is 0 Å². The van der Waals surface area contributed by atoms with Crippen LogP contribution in [-0.4, -0.2) is 38.1 Å². The summed E-state index contributed by atoms with van der Waals surface area (Å²) >= 11 is 0. The van der Waals surface area contributed by atoms with E-state index in [9.17, 15) is 5.11 Å². The lowest BCUT2D eigenvalue weighted by molar-refractivity contribution is -0.0704. The minimum absolute atomic E-state index is 0.0584. The third kappa shape index (κ3) is 6.16. The molecule has 1 rings (SSSR count). The lowest BCUT2D eigenvalue weighted by Gasteiger charge is -2.32. The van der Waals surface area contributed by atoms with E-state index < -0.39 is 0 Å². The van der Waals surface area contributed by atoms with Crippen molar-refractivity contribution >= 4 is 0 Å². The van der Waals surface area contributed by atoms with Crippen molar-refractivity contribution in [2.24, 2.45) is 11.8 Å². The Morgan fingerprint density at radius 2 is 1.79 bits per heavy atom. The van der Waals surface area contributed by atoms with Crippen LogP contribution in [0.1, 0.15) is 32.8 Å². The summed E-state index contributed by atoms with van der Waals surface area (Å²) in [7, 11) is 3.33. The van der Waals surface area contributed by atoms with E-state index in [2.05, 4.69) is 25.7 Å². The van der Waals surface area contributed by atoms with Crippen LogP contribution in [0.2, 0.25) is 0 Å². The third-order valence-electron chi connectivity index (χ3n) is 4.29.